The maximum absolute atomic E-state index is 13.1. The number of hydrogen-bond acceptors (Lipinski definition) is 5. The second-order valence-electron chi connectivity index (χ2n) is 6.71. The Morgan fingerprint density at radius 3 is 2.64 bits per heavy atom. The summed E-state index contributed by atoms with van der Waals surface area (Å²) in [6, 6.07) is 9.80. The topological polar surface area (TPSA) is 84.9 Å². The van der Waals surface area contributed by atoms with Crippen molar-refractivity contribution < 1.29 is 27.1 Å². The van der Waals surface area contributed by atoms with Crippen LogP contribution >= 0.6 is 0 Å². The number of nitrogens with zero attached hydrogens (tertiary/aromatic N) is 1. The first-order chi connectivity index (χ1) is 13.4. The number of fused-ring (bicyclic) bond motifs is 1. The van der Waals surface area contributed by atoms with Gasteiger partial charge in [0, 0.05) is 24.8 Å². The third-order valence-corrected chi connectivity index (χ3v) is 6.73. The molecule has 2 heterocycles. The molecule has 2 aromatic rings. The molecular formula is C19H19FN2O5S. The Balaban J connectivity index is 1.45. The van der Waals surface area contributed by atoms with Gasteiger partial charge in [-0.2, -0.15) is 4.31 Å². The molecule has 2 aliphatic heterocycles. The Morgan fingerprint density at radius 1 is 1.11 bits per heavy atom. The lowest BCUT2D eigenvalue weighted by atomic mass is 9.98. The van der Waals surface area contributed by atoms with Gasteiger partial charge in [-0.15, -0.1) is 0 Å². The maximum atomic E-state index is 13.1. The van der Waals surface area contributed by atoms with E-state index in [-0.39, 0.29) is 24.1 Å². The molecule has 28 heavy (non-hydrogen) atoms. The fourth-order valence-corrected chi connectivity index (χ4v) is 4.87. The molecule has 0 bridgehead atoms. The summed E-state index contributed by atoms with van der Waals surface area (Å²) in [5.74, 6) is -0.0555. The SMILES string of the molecule is O=C(Nc1ccc2c(c1)OCO2)[C@H]1CCCN(S(=O)(=O)c2ccc(F)cc2)C1. The molecular weight excluding hydrogens is 387 g/mol. The molecule has 0 saturated carbocycles. The van der Waals surface area contributed by atoms with Crippen molar-refractivity contribution in [3.8, 4) is 11.5 Å². The number of amides is 1. The lowest BCUT2D eigenvalue weighted by Gasteiger charge is -2.31. The van der Waals surface area contributed by atoms with E-state index in [1.165, 1.54) is 16.4 Å². The van der Waals surface area contributed by atoms with Crippen LogP contribution in [0, 0.1) is 11.7 Å². The highest BCUT2D eigenvalue weighted by Gasteiger charge is 2.33. The van der Waals surface area contributed by atoms with Gasteiger partial charge in [0.1, 0.15) is 5.82 Å². The summed E-state index contributed by atoms with van der Waals surface area (Å²) in [4.78, 5) is 12.7. The van der Waals surface area contributed by atoms with Crippen molar-refractivity contribution in [1.29, 1.82) is 0 Å². The van der Waals surface area contributed by atoms with Crippen LogP contribution in [0.15, 0.2) is 47.4 Å². The van der Waals surface area contributed by atoms with Gasteiger partial charge in [-0.3, -0.25) is 4.79 Å². The molecule has 2 aromatic carbocycles. The third-order valence-electron chi connectivity index (χ3n) is 4.85. The number of halogens is 1. The Bertz CT molecular complexity index is 994. The smallest absolute Gasteiger partial charge is 0.243 e. The molecule has 0 spiro atoms. The van der Waals surface area contributed by atoms with E-state index in [0.29, 0.717) is 36.6 Å². The summed E-state index contributed by atoms with van der Waals surface area (Å²) in [5.41, 5.74) is 0.563. The van der Waals surface area contributed by atoms with Crippen LogP contribution in [0.3, 0.4) is 0 Å². The summed E-state index contributed by atoms with van der Waals surface area (Å²) in [6.45, 7) is 0.551. The minimum absolute atomic E-state index is 0.0192. The highest BCUT2D eigenvalue weighted by Crippen LogP contribution is 2.34. The van der Waals surface area contributed by atoms with Crippen LogP contribution in [0.4, 0.5) is 10.1 Å². The predicted molar refractivity (Wildman–Crippen MR) is 99.1 cm³/mol. The maximum Gasteiger partial charge on any atom is 0.243 e. The lowest BCUT2D eigenvalue weighted by Crippen LogP contribution is -2.43. The van der Waals surface area contributed by atoms with Crippen molar-refractivity contribution in [3.05, 3.63) is 48.3 Å². The highest BCUT2D eigenvalue weighted by atomic mass is 32.2. The average Bonchev–Trinajstić information content (AvgIpc) is 3.16. The monoisotopic (exact) mass is 406 g/mol. The van der Waals surface area contributed by atoms with Crippen LogP contribution in [-0.2, 0) is 14.8 Å². The first-order valence-electron chi connectivity index (χ1n) is 8.90. The quantitative estimate of drug-likeness (QED) is 0.844. The second-order valence-corrected chi connectivity index (χ2v) is 8.65. The van der Waals surface area contributed by atoms with Gasteiger partial charge in [0.2, 0.25) is 22.7 Å². The number of hydrogen-bond donors (Lipinski definition) is 1. The van der Waals surface area contributed by atoms with Gasteiger partial charge in [-0.25, -0.2) is 12.8 Å². The number of rotatable bonds is 4. The second kappa shape index (κ2) is 7.40. The van der Waals surface area contributed by atoms with Gasteiger partial charge in [0.15, 0.2) is 11.5 Å². The molecule has 1 N–H and O–H groups in total. The van der Waals surface area contributed by atoms with Crippen molar-refractivity contribution in [2.24, 2.45) is 5.92 Å². The Labute approximate surface area is 162 Å². The third kappa shape index (κ3) is 3.67. The van der Waals surface area contributed by atoms with Crippen LogP contribution < -0.4 is 14.8 Å². The van der Waals surface area contributed by atoms with Crippen molar-refractivity contribution in [1.82, 2.24) is 4.31 Å². The number of anilines is 1. The first kappa shape index (κ1) is 18.7. The molecule has 1 saturated heterocycles. The number of piperidine rings is 1. The van der Waals surface area contributed by atoms with Crippen LogP contribution in [-0.4, -0.2) is 38.5 Å². The number of sulfonamides is 1. The molecule has 4 rings (SSSR count). The van der Waals surface area contributed by atoms with E-state index in [1.54, 1.807) is 18.2 Å². The zero-order chi connectivity index (χ0) is 19.7. The summed E-state index contributed by atoms with van der Waals surface area (Å²) in [6.07, 6.45) is 1.16. The summed E-state index contributed by atoms with van der Waals surface area (Å²) >= 11 is 0. The van der Waals surface area contributed by atoms with Crippen molar-refractivity contribution in [2.45, 2.75) is 17.7 Å². The molecule has 0 aromatic heterocycles. The average molecular weight is 406 g/mol. The fourth-order valence-electron chi connectivity index (χ4n) is 3.35. The molecule has 9 heteroatoms. The summed E-state index contributed by atoms with van der Waals surface area (Å²) in [5, 5.41) is 2.82. The molecule has 148 valence electrons. The number of nitrogens with one attached hydrogen (secondary N) is 1. The van der Waals surface area contributed by atoms with Gasteiger partial charge >= 0.3 is 0 Å². The zero-order valence-corrected chi connectivity index (χ0v) is 15.7. The normalized spacial score (nSPS) is 19.4. The molecule has 2 aliphatic rings. The van der Waals surface area contributed by atoms with Crippen molar-refractivity contribution in [2.75, 3.05) is 25.2 Å². The van der Waals surface area contributed by atoms with E-state index >= 15 is 0 Å². The number of ether oxygens (including phenoxy) is 2. The highest BCUT2D eigenvalue weighted by molar-refractivity contribution is 7.89. The number of carbonyl (C=O) groups is 1. The Hall–Kier alpha value is -2.65. The van der Waals surface area contributed by atoms with Gasteiger partial charge < -0.3 is 14.8 Å². The fraction of sp³-hybridized carbons (Fsp3) is 0.316. The molecule has 0 radical (unpaired) electrons. The van der Waals surface area contributed by atoms with Crippen LogP contribution in [0.25, 0.3) is 0 Å². The molecule has 1 atom stereocenters. The molecule has 1 amide bonds. The standard InChI is InChI=1S/C19H19FN2O5S/c20-14-3-6-16(7-4-14)28(24,25)22-9-1-2-13(11-22)19(23)21-15-5-8-17-18(10-15)27-12-26-17/h3-8,10,13H,1-2,9,11-12H2,(H,21,23)/t13-/m0/s1. The Morgan fingerprint density at radius 2 is 1.86 bits per heavy atom. The van der Waals surface area contributed by atoms with Crippen molar-refractivity contribution in [3.63, 3.8) is 0 Å². The largest absolute Gasteiger partial charge is 0.454 e. The van der Waals surface area contributed by atoms with E-state index in [9.17, 15) is 17.6 Å². The summed E-state index contributed by atoms with van der Waals surface area (Å²) in [7, 11) is -3.78. The van der Waals surface area contributed by atoms with Gasteiger partial charge in [0.25, 0.3) is 0 Å². The predicted octanol–water partition coefficient (Wildman–Crippen LogP) is 2.59. The van der Waals surface area contributed by atoms with E-state index in [0.717, 1.165) is 12.1 Å². The van der Waals surface area contributed by atoms with E-state index in [4.69, 9.17) is 9.47 Å². The van der Waals surface area contributed by atoms with Gasteiger partial charge in [-0.05, 0) is 49.2 Å². The van der Waals surface area contributed by atoms with Crippen molar-refractivity contribution >= 4 is 21.6 Å². The lowest BCUT2D eigenvalue weighted by molar-refractivity contribution is -0.120. The van der Waals surface area contributed by atoms with Crippen LogP contribution in [0.5, 0.6) is 11.5 Å². The van der Waals surface area contributed by atoms with E-state index in [2.05, 4.69) is 5.32 Å². The number of carbonyl (C=O) groups excluding carboxylic acids is 1. The van der Waals surface area contributed by atoms with Crippen LogP contribution in [0.2, 0.25) is 0 Å². The molecule has 0 unspecified atom stereocenters. The Kier molecular flexibility index (Phi) is 4.94. The minimum Gasteiger partial charge on any atom is -0.454 e. The first-order valence-corrected chi connectivity index (χ1v) is 10.3. The molecule has 1 fully saturated rings. The van der Waals surface area contributed by atoms with Gasteiger partial charge in [-0.1, -0.05) is 0 Å². The molecule has 0 aliphatic carbocycles. The van der Waals surface area contributed by atoms with E-state index in [1.807, 2.05) is 0 Å². The molecule has 7 nitrogen and oxygen atoms in total. The van der Waals surface area contributed by atoms with E-state index < -0.39 is 21.8 Å². The number of benzene rings is 2. The van der Waals surface area contributed by atoms with Gasteiger partial charge in [0.05, 0.1) is 10.8 Å². The minimum atomic E-state index is -3.78. The zero-order valence-electron chi connectivity index (χ0n) is 14.9. The van der Waals surface area contributed by atoms with Crippen LogP contribution in [0.1, 0.15) is 12.8 Å². The summed E-state index contributed by atoms with van der Waals surface area (Å²) < 4.78 is 50.5.